The van der Waals surface area contributed by atoms with Gasteiger partial charge in [-0.2, -0.15) is 10.5 Å². The highest BCUT2D eigenvalue weighted by molar-refractivity contribution is 7.99. The van der Waals surface area contributed by atoms with Gasteiger partial charge in [-0.25, -0.2) is 0 Å². The highest BCUT2D eigenvalue weighted by Gasteiger charge is 2.27. The van der Waals surface area contributed by atoms with E-state index in [4.69, 9.17) is 26.8 Å². The van der Waals surface area contributed by atoms with Gasteiger partial charge in [0.2, 0.25) is 0 Å². The van der Waals surface area contributed by atoms with E-state index in [2.05, 4.69) is 26.0 Å². The molecule has 188 valence electrons. The zero-order chi connectivity index (χ0) is 25.5. The fraction of sp³-hybridized carbons (Fsp3) is 0.500. The molecule has 0 aliphatic rings. The van der Waals surface area contributed by atoms with Crippen molar-refractivity contribution in [3.05, 3.63) is 40.4 Å². The summed E-state index contributed by atoms with van der Waals surface area (Å²) in [5, 5.41) is 20.2. The molecule has 2 aromatic rings. The van der Waals surface area contributed by atoms with E-state index in [0.29, 0.717) is 29.5 Å². The standard InChI is InChI=1S/C28H36ClN3O2S/c1-3-5-7-9-13-17-33-26-21(19-30)22(20-31)27(34-18-14-10-8-6-4-2)28(25(26)29)35-24-16-12-11-15-23(24)32/h11-12,15-16H,3-10,13-14,17-18,32H2,1-2H3. The molecule has 0 amide bonds. The van der Waals surface area contributed by atoms with Crippen LogP contribution in [0.2, 0.25) is 5.02 Å². The fourth-order valence-electron chi connectivity index (χ4n) is 3.67. The highest BCUT2D eigenvalue weighted by Crippen LogP contribution is 2.49. The molecule has 2 aromatic carbocycles. The first-order chi connectivity index (χ1) is 17.1. The summed E-state index contributed by atoms with van der Waals surface area (Å²) in [6, 6.07) is 11.8. The third-order valence-corrected chi connectivity index (χ3v) is 7.31. The number of nitrogens with zero attached hydrogens (tertiary/aromatic N) is 2. The van der Waals surface area contributed by atoms with E-state index < -0.39 is 0 Å². The van der Waals surface area contributed by atoms with Crippen molar-refractivity contribution in [2.24, 2.45) is 0 Å². The molecule has 0 aromatic heterocycles. The molecule has 0 spiro atoms. The average Bonchev–Trinajstić information content (AvgIpc) is 2.87. The highest BCUT2D eigenvalue weighted by atomic mass is 35.5. The van der Waals surface area contributed by atoms with Gasteiger partial charge in [-0.3, -0.25) is 0 Å². The first-order valence-corrected chi connectivity index (χ1v) is 13.8. The predicted octanol–water partition coefficient (Wildman–Crippen LogP) is 8.52. The average molecular weight is 514 g/mol. The number of unbranched alkanes of at least 4 members (excludes halogenated alkanes) is 8. The topological polar surface area (TPSA) is 92.1 Å². The third-order valence-electron chi connectivity index (χ3n) is 5.65. The summed E-state index contributed by atoms with van der Waals surface area (Å²) < 4.78 is 12.1. The largest absolute Gasteiger partial charge is 0.491 e. The molecule has 0 saturated heterocycles. The van der Waals surface area contributed by atoms with Crippen LogP contribution in [0.15, 0.2) is 34.1 Å². The molecule has 0 atom stereocenters. The molecule has 35 heavy (non-hydrogen) atoms. The number of nitrogen functional groups attached to an aromatic ring is 1. The number of hydrogen-bond acceptors (Lipinski definition) is 6. The Morgan fingerprint density at radius 2 is 1.31 bits per heavy atom. The Hall–Kier alpha value is -2.54. The zero-order valence-electron chi connectivity index (χ0n) is 20.9. The third kappa shape index (κ3) is 8.57. The normalized spacial score (nSPS) is 10.5. The number of benzene rings is 2. The molecule has 0 radical (unpaired) electrons. The molecule has 0 aliphatic heterocycles. The van der Waals surface area contributed by atoms with E-state index in [9.17, 15) is 10.5 Å². The lowest BCUT2D eigenvalue weighted by atomic mass is 10.1. The Morgan fingerprint density at radius 1 is 0.800 bits per heavy atom. The number of rotatable bonds is 16. The van der Waals surface area contributed by atoms with Crippen molar-refractivity contribution in [2.75, 3.05) is 18.9 Å². The smallest absolute Gasteiger partial charge is 0.158 e. The monoisotopic (exact) mass is 513 g/mol. The van der Waals surface area contributed by atoms with E-state index in [1.54, 1.807) is 0 Å². The molecule has 0 unspecified atom stereocenters. The predicted molar refractivity (Wildman–Crippen MR) is 144 cm³/mol. The summed E-state index contributed by atoms with van der Waals surface area (Å²) in [5.74, 6) is 0.571. The molecule has 2 N–H and O–H groups in total. The van der Waals surface area contributed by atoms with Crippen molar-refractivity contribution in [1.29, 1.82) is 10.5 Å². The van der Waals surface area contributed by atoms with E-state index in [1.165, 1.54) is 37.4 Å². The summed E-state index contributed by atoms with van der Waals surface area (Å²) in [5.41, 5.74) is 7.06. The van der Waals surface area contributed by atoms with Crippen molar-refractivity contribution in [2.45, 2.75) is 87.8 Å². The van der Waals surface area contributed by atoms with Crippen LogP contribution in [0.25, 0.3) is 0 Å². The molecular weight excluding hydrogens is 478 g/mol. The lowest BCUT2D eigenvalue weighted by molar-refractivity contribution is 0.289. The van der Waals surface area contributed by atoms with Crippen LogP contribution in [-0.4, -0.2) is 13.2 Å². The van der Waals surface area contributed by atoms with Crippen LogP contribution in [0.3, 0.4) is 0 Å². The lowest BCUT2D eigenvalue weighted by Gasteiger charge is -2.19. The maximum absolute atomic E-state index is 10.0. The zero-order valence-corrected chi connectivity index (χ0v) is 22.4. The number of ether oxygens (including phenoxy) is 2. The molecule has 0 aliphatic carbocycles. The number of nitriles is 2. The van der Waals surface area contributed by atoms with E-state index in [-0.39, 0.29) is 21.9 Å². The molecule has 0 bridgehead atoms. The minimum absolute atomic E-state index is 0.123. The van der Waals surface area contributed by atoms with Crippen molar-refractivity contribution < 1.29 is 9.47 Å². The van der Waals surface area contributed by atoms with Crippen LogP contribution in [0.5, 0.6) is 11.5 Å². The van der Waals surface area contributed by atoms with Gasteiger partial charge in [0.25, 0.3) is 0 Å². The lowest BCUT2D eigenvalue weighted by Crippen LogP contribution is -2.07. The number of halogens is 1. The summed E-state index contributed by atoms with van der Waals surface area (Å²) >= 11 is 8.18. The van der Waals surface area contributed by atoms with Gasteiger partial charge in [0.1, 0.15) is 28.3 Å². The van der Waals surface area contributed by atoms with Crippen molar-refractivity contribution in [3.63, 3.8) is 0 Å². The molecule has 0 fully saturated rings. The SMILES string of the molecule is CCCCCCCOc1c(Cl)c(Sc2ccccc2N)c(OCCCCCCC)c(C#N)c1C#N. The van der Waals surface area contributed by atoms with E-state index in [1.807, 2.05) is 24.3 Å². The molecule has 7 heteroatoms. The Bertz CT molecular complexity index is 1030. The van der Waals surface area contributed by atoms with Gasteiger partial charge in [-0.15, -0.1) is 0 Å². The molecule has 5 nitrogen and oxygen atoms in total. The maximum Gasteiger partial charge on any atom is 0.158 e. The minimum atomic E-state index is 0.123. The van der Waals surface area contributed by atoms with Crippen LogP contribution in [0.4, 0.5) is 5.69 Å². The van der Waals surface area contributed by atoms with Gasteiger partial charge < -0.3 is 15.2 Å². The second-order valence-corrected chi connectivity index (χ2v) is 9.87. The van der Waals surface area contributed by atoms with Crippen LogP contribution in [-0.2, 0) is 0 Å². The van der Waals surface area contributed by atoms with Gasteiger partial charge in [0, 0.05) is 10.6 Å². The second kappa shape index (κ2) is 16.2. The molecule has 2 rings (SSSR count). The number of nitrogens with two attached hydrogens (primary N) is 1. The molecule has 0 heterocycles. The maximum atomic E-state index is 10.0. The van der Waals surface area contributed by atoms with E-state index in [0.717, 1.165) is 43.4 Å². The van der Waals surface area contributed by atoms with Crippen molar-refractivity contribution in [1.82, 2.24) is 0 Å². The summed E-state index contributed by atoms with van der Waals surface area (Å²) in [7, 11) is 0. The van der Waals surface area contributed by atoms with E-state index >= 15 is 0 Å². The Balaban J connectivity index is 2.40. The fourth-order valence-corrected chi connectivity index (χ4v) is 5.01. The first-order valence-electron chi connectivity index (χ1n) is 12.6. The van der Waals surface area contributed by atoms with Crippen LogP contribution in [0.1, 0.15) is 89.2 Å². The van der Waals surface area contributed by atoms with Gasteiger partial charge in [-0.05, 0) is 25.0 Å². The summed E-state index contributed by atoms with van der Waals surface area (Å²) in [6.07, 6.45) is 10.8. The Kier molecular flexibility index (Phi) is 13.3. The van der Waals surface area contributed by atoms with Crippen molar-refractivity contribution in [3.8, 4) is 23.6 Å². The van der Waals surface area contributed by atoms with Gasteiger partial charge in [0.05, 0.1) is 18.1 Å². The number of hydrogen-bond donors (Lipinski definition) is 1. The Labute approximate surface area is 219 Å². The van der Waals surface area contributed by atoms with Crippen LogP contribution in [0, 0.1) is 22.7 Å². The second-order valence-electron chi connectivity index (χ2n) is 8.44. The number of para-hydroxylation sites is 1. The van der Waals surface area contributed by atoms with Crippen LogP contribution < -0.4 is 15.2 Å². The number of anilines is 1. The first kappa shape index (κ1) is 28.7. The van der Waals surface area contributed by atoms with Gasteiger partial charge in [-0.1, -0.05) is 101 Å². The van der Waals surface area contributed by atoms with Gasteiger partial charge >= 0.3 is 0 Å². The van der Waals surface area contributed by atoms with Gasteiger partial charge in [0.15, 0.2) is 11.5 Å². The molecular formula is C28H36ClN3O2S. The minimum Gasteiger partial charge on any atom is -0.491 e. The quantitative estimate of drug-likeness (QED) is 0.178. The Morgan fingerprint density at radius 3 is 1.86 bits per heavy atom. The summed E-state index contributed by atoms with van der Waals surface area (Å²) in [6.45, 7) is 5.22. The molecule has 0 saturated carbocycles. The van der Waals surface area contributed by atoms with Crippen molar-refractivity contribution >= 4 is 29.1 Å². The summed E-state index contributed by atoms with van der Waals surface area (Å²) in [4.78, 5) is 1.34. The van der Waals surface area contributed by atoms with Crippen LogP contribution >= 0.6 is 23.4 Å².